The van der Waals surface area contributed by atoms with Crippen LogP contribution in [0.15, 0.2) is 30.3 Å². The van der Waals surface area contributed by atoms with E-state index in [1.165, 1.54) is 18.3 Å². The van der Waals surface area contributed by atoms with Crippen LogP contribution in [0, 0.1) is 13.8 Å². The zero-order chi connectivity index (χ0) is 21.8. The van der Waals surface area contributed by atoms with Gasteiger partial charge in [-0.1, -0.05) is 30.3 Å². The van der Waals surface area contributed by atoms with Crippen LogP contribution in [0.4, 0.5) is 5.00 Å². The summed E-state index contributed by atoms with van der Waals surface area (Å²) in [5, 5.41) is 3.11. The first-order valence-corrected chi connectivity index (χ1v) is 10.2. The molecular formula is C22H28N2O4S. The fourth-order valence-electron chi connectivity index (χ4n) is 2.86. The third-order valence-corrected chi connectivity index (χ3v) is 5.62. The topological polar surface area (TPSA) is 75.7 Å². The van der Waals surface area contributed by atoms with Gasteiger partial charge in [-0.2, -0.15) is 0 Å². The Morgan fingerprint density at radius 2 is 1.72 bits per heavy atom. The number of carbonyl (C=O) groups is 3. The normalized spacial score (nSPS) is 11.1. The van der Waals surface area contributed by atoms with Crippen LogP contribution in [0.2, 0.25) is 0 Å². The zero-order valence-electron chi connectivity index (χ0n) is 17.8. The molecule has 29 heavy (non-hydrogen) atoms. The number of esters is 1. The Kier molecular flexibility index (Phi) is 7.19. The van der Waals surface area contributed by atoms with E-state index in [0.717, 1.165) is 16.0 Å². The van der Waals surface area contributed by atoms with Crippen LogP contribution < -0.4 is 5.32 Å². The lowest BCUT2D eigenvalue weighted by molar-refractivity contribution is -0.140. The lowest BCUT2D eigenvalue weighted by Gasteiger charge is -2.35. The Morgan fingerprint density at radius 1 is 1.10 bits per heavy atom. The van der Waals surface area contributed by atoms with E-state index in [1.54, 1.807) is 11.8 Å². The van der Waals surface area contributed by atoms with Crippen LogP contribution in [0.5, 0.6) is 0 Å². The van der Waals surface area contributed by atoms with Gasteiger partial charge in [-0.25, -0.2) is 4.79 Å². The second kappa shape index (κ2) is 9.22. The number of carbonyl (C=O) groups excluding carboxylic acids is 3. The number of hydrogen-bond acceptors (Lipinski definition) is 5. The molecule has 0 radical (unpaired) electrons. The van der Waals surface area contributed by atoms with Crippen molar-refractivity contribution in [3.8, 4) is 0 Å². The summed E-state index contributed by atoms with van der Waals surface area (Å²) in [4.78, 5) is 39.6. The number of nitrogens with zero attached hydrogens (tertiary/aromatic N) is 1. The van der Waals surface area contributed by atoms with Gasteiger partial charge in [0.15, 0.2) is 6.61 Å². The Labute approximate surface area is 175 Å². The maximum absolute atomic E-state index is 12.9. The molecule has 0 aliphatic heterocycles. The molecule has 0 saturated carbocycles. The second-order valence-corrected chi connectivity index (χ2v) is 9.11. The van der Waals surface area contributed by atoms with Crippen molar-refractivity contribution in [2.75, 3.05) is 11.9 Å². The monoisotopic (exact) mass is 416 g/mol. The van der Waals surface area contributed by atoms with E-state index in [0.29, 0.717) is 17.1 Å². The van der Waals surface area contributed by atoms with E-state index in [4.69, 9.17) is 4.74 Å². The molecule has 1 aromatic heterocycles. The molecule has 0 fully saturated rings. The third-order valence-electron chi connectivity index (χ3n) is 4.50. The Hall–Kier alpha value is -2.67. The molecule has 2 rings (SSSR count). The van der Waals surface area contributed by atoms with Gasteiger partial charge >= 0.3 is 5.97 Å². The Morgan fingerprint density at radius 3 is 2.28 bits per heavy atom. The first-order chi connectivity index (χ1) is 13.5. The number of benzene rings is 1. The molecule has 0 atom stereocenters. The van der Waals surface area contributed by atoms with Gasteiger partial charge < -0.3 is 15.0 Å². The number of amides is 2. The summed E-state index contributed by atoms with van der Waals surface area (Å²) in [6, 6.07) is 9.68. The number of nitrogens with one attached hydrogen (secondary N) is 1. The Balaban J connectivity index is 2.14. The van der Waals surface area contributed by atoms with Gasteiger partial charge in [-0.15, -0.1) is 11.3 Å². The highest BCUT2D eigenvalue weighted by Crippen LogP contribution is 2.33. The molecule has 6 nitrogen and oxygen atoms in total. The molecular weight excluding hydrogens is 388 g/mol. The maximum atomic E-state index is 12.9. The largest absolute Gasteiger partial charge is 0.452 e. The summed E-state index contributed by atoms with van der Waals surface area (Å²) in [6.45, 7) is 10.9. The minimum absolute atomic E-state index is 0.266. The number of thiophene rings is 1. The summed E-state index contributed by atoms with van der Waals surface area (Å²) in [7, 11) is 0. The second-order valence-electron chi connectivity index (χ2n) is 7.88. The van der Waals surface area contributed by atoms with E-state index >= 15 is 0 Å². The third kappa shape index (κ3) is 5.90. The maximum Gasteiger partial charge on any atom is 0.341 e. The van der Waals surface area contributed by atoms with Crippen molar-refractivity contribution in [1.82, 2.24) is 4.90 Å². The van der Waals surface area contributed by atoms with Crippen molar-refractivity contribution in [1.29, 1.82) is 0 Å². The van der Waals surface area contributed by atoms with Crippen molar-refractivity contribution >= 4 is 34.1 Å². The van der Waals surface area contributed by atoms with E-state index in [-0.39, 0.29) is 18.4 Å². The SMILES string of the molecule is CC(=O)Nc1sc(C)c(C)c1C(=O)OCC(=O)N(Cc1ccccc1)C(C)(C)C. The van der Waals surface area contributed by atoms with Gasteiger partial charge in [0.1, 0.15) is 5.00 Å². The van der Waals surface area contributed by atoms with Gasteiger partial charge in [-0.3, -0.25) is 9.59 Å². The van der Waals surface area contributed by atoms with E-state index in [9.17, 15) is 14.4 Å². The average Bonchev–Trinajstić information content (AvgIpc) is 2.90. The average molecular weight is 417 g/mol. The van der Waals surface area contributed by atoms with Gasteiger partial charge in [0.25, 0.3) is 5.91 Å². The van der Waals surface area contributed by atoms with Crippen molar-refractivity contribution in [3.63, 3.8) is 0 Å². The number of hydrogen-bond donors (Lipinski definition) is 1. The van der Waals surface area contributed by atoms with Crippen LogP contribution in [0.1, 0.15) is 54.1 Å². The lowest BCUT2D eigenvalue weighted by atomic mass is 10.0. The smallest absolute Gasteiger partial charge is 0.341 e. The summed E-state index contributed by atoms with van der Waals surface area (Å²) in [6.07, 6.45) is 0. The summed E-state index contributed by atoms with van der Waals surface area (Å²) in [5.74, 6) is -1.16. The van der Waals surface area contributed by atoms with Crippen LogP contribution >= 0.6 is 11.3 Å². The molecule has 7 heteroatoms. The molecule has 0 unspecified atom stereocenters. The highest BCUT2D eigenvalue weighted by atomic mass is 32.1. The number of ether oxygens (including phenoxy) is 1. The molecule has 0 bridgehead atoms. The van der Waals surface area contributed by atoms with Crippen LogP contribution in [0.25, 0.3) is 0 Å². The van der Waals surface area contributed by atoms with Gasteiger partial charge in [0, 0.05) is 23.9 Å². The Bertz CT molecular complexity index is 898. The molecule has 2 amide bonds. The number of anilines is 1. The van der Waals surface area contributed by atoms with Crippen molar-refractivity contribution in [2.24, 2.45) is 0 Å². The molecule has 1 heterocycles. The lowest BCUT2D eigenvalue weighted by Crippen LogP contribution is -2.46. The predicted molar refractivity (Wildman–Crippen MR) is 115 cm³/mol. The van der Waals surface area contributed by atoms with E-state index in [1.807, 2.05) is 58.0 Å². The molecule has 1 N–H and O–H groups in total. The molecule has 0 aliphatic rings. The number of aryl methyl sites for hydroxylation is 1. The molecule has 2 aromatic rings. The first kappa shape index (κ1) is 22.6. The van der Waals surface area contributed by atoms with Gasteiger partial charge in [0.2, 0.25) is 5.91 Å². The summed E-state index contributed by atoms with van der Waals surface area (Å²) >= 11 is 1.32. The molecule has 1 aromatic carbocycles. The van der Waals surface area contributed by atoms with E-state index in [2.05, 4.69) is 5.32 Å². The molecule has 156 valence electrons. The van der Waals surface area contributed by atoms with Crippen LogP contribution in [-0.2, 0) is 20.9 Å². The highest BCUT2D eigenvalue weighted by molar-refractivity contribution is 7.16. The van der Waals surface area contributed by atoms with Crippen LogP contribution in [-0.4, -0.2) is 34.8 Å². The molecule has 0 spiro atoms. The first-order valence-electron chi connectivity index (χ1n) is 9.39. The fraction of sp³-hybridized carbons (Fsp3) is 0.409. The summed E-state index contributed by atoms with van der Waals surface area (Å²) in [5.41, 5.74) is 1.61. The van der Waals surface area contributed by atoms with Crippen molar-refractivity contribution in [3.05, 3.63) is 51.9 Å². The standard InChI is InChI=1S/C22H28N2O4S/c1-14-15(2)29-20(23-16(3)25)19(14)21(27)28-13-18(26)24(22(4,5)6)12-17-10-8-7-9-11-17/h7-11H,12-13H2,1-6H3,(H,23,25). The van der Waals surface area contributed by atoms with Gasteiger partial charge in [0.05, 0.1) is 5.56 Å². The predicted octanol–water partition coefficient (Wildman–Crippen LogP) is 4.31. The summed E-state index contributed by atoms with van der Waals surface area (Å²) < 4.78 is 5.35. The quantitative estimate of drug-likeness (QED) is 0.712. The number of rotatable bonds is 6. The van der Waals surface area contributed by atoms with Crippen LogP contribution in [0.3, 0.4) is 0 Å². The van der Waals surface area contributed by atoms with Gasteiger partial charge in [-0.05, 0) is 45.7 Å². The van der Waals surface area contributed by atoms with Crippen molar-refractivity contribution in [2.45, 2.75) is 53.6 Å². The fourth-order valence-corrected chi connectivity index (χ4v) is 3.96. The van der Waals surface area contributed by atoms with Crippen molar-refractivity contribution < 1.29 is 19.1 Å². The minimum Gasteiger partial charge on any atom is -0.452 e. The minimum atomic E-state index is -0.613. The zero-order valence-corrected chi connectivity index (χ0v) is 18.6. The highest BCUT2D eigenvalue weighted by Gasteiger charge is 2.28. The molecule has 0 saturated heterocycles. The molecule has 0 aliphatic carbocycles. The van der Waals surface area contributed by atoms with E-state index < -0.39 is 11.5 Å².